The van der Waals surface area contributed by atoms with Crippen LogP contribution in [0.4, 0.5) is 4.39 Å². The van der Waals surface area contributed by atoms with Crippen molar-refractivity contribution < 1.29 is 4.39 Å². The molecule has 0 saturated carbocycles. The summed E-state index contributed by atoms with van der Waals surface area (Å²) < 4.78 is 12.1. The highest BCUT2D eigenvalue weighted by Gasteiger charge is 2.18. The van der Waals surface area contributed by atoms with Crippen LogP contribution in [0.1, 0.15) is 41.6 Å². The lowest BCUT2D eigenvalue weighted by Crippen LogP contribution is -2.27. The van der Waals surface area contributed by atoms with Gasteiger partial charge in [-0.05, 0) is 44.4 Å². The Balaban J connectivity index is 2.73. The van der Waals surface area contributed by atoms with E-state index in [-0.39, 0.29) is 6.67 Å². The van der Waals surface area contributed by atoms with Crippen LogP contribution in [-0.4, -0.2) is 13.2 Å². The van der Waals surface area contributed by atoms with Gasteiger partial charge in [0.15, 0.2) is 0 Å². The second kappa shape index (κ2) is 6.36. The number of hydrogen-bond donors (Lipinski definition) is 1. The first kappa shape index (κ1) is 13.7. The molecule has 16 heavy (non-hydrogen) atoms. The zero-order valence-corrected chi connectivity index (χ0v) is 11.5. The van der Waals surface area contributed by atoms with Crippen LogP contribution in [0, 0.1) is 19.8 Å². The van der Waals surface area contributed by atoms with Crippen molar-refractivity contribution >= 4 is 11.3 Å². The number of hydrogen-bond acceptors (Lipinski definition) is 2. The summed E-state index contributed by atoms with van der Waals surface area (Å²) in [6, 6.07) is 2.61. The summed E-state index contributed by atoms with van der Waals surface area (Å²) in [6.45, 7) is 9.24. The summed E-state index contributed by atoms with van der Waals surface area (Å²) >= 11 is 1.84. The summed E-state index contributed by atoms with van der Waals surface area (Å²) in [4.78, 5) is 2.73. The number of halogens is 1. The Kier molecular flexibility index (Phi) is 5.42. The van der Waals surface area contributed by atoms with Crippen LogP contribution >= 0.6 is 11.3 Å². The molecule has 0 aliphatic rings. The SMILES string of the molecule is Cc1cc(C(NCCCF)C(C)C)c(C)s1. The molecule has 1 heterocycles. The van der Waals surface area contributed by atoms with Crippen LogP contribution in [0.15, 0.2) is 6.07 Å². The van der Waals surface area contributed by atoms with Gasteiger partial charge < -0.3 is 5.32 Å². The predicted octanol–water partition coefficient (Wildman–Crippen LogP) is 4.01. The highest BCUT2D eigenvalue weighted by atomic mass is 32.1. The van der Waals surface area contributed by atoms with Gasteiger partial charge in [-0.1, -0.05) is 13.8 Å². The maximum absolute atomic E-state index is 12.1. The van der Waals surface area contributed by atoms with E-state index in [1.807, 2.05) is 11.3 Å². The number of thiophene rings is 1. The normalized spacial score (nSPS) is 13.4. The lowest BCUT2D eigenvalue weighted by atomic mass is 9.96. The van der Waals surface area contributed by atoms with Crippen molar-refractivity contribution in [3.05, 3.63) is 21.4 Å². The molecule has 0 amide bonds. The second-order valence-electron chi connectivity index (χ2n) is 4.59. The summed E-state index contributed by atoms with van der Waals surface area (Å²) in [6.07, 6.45) is 0.603. The number of nitrogens with one attached hydrogen (secondary N) is 1. The van der Waals surface area contributed by atoms with Crippen LogP contribution < -0.4 is 5.32 Å². The average molecular weight is 243 g/mol. The Morgan fingerprint density at radius 3 is 2.50 bits per heavy atom. The van der Waals surface area contributed by atoms with Crippen molar-refractivity contribution in [2.75, 3.05) is 13.2 Å². The molecule has 1 aromatic heterocycles. The van der Waals surface area contributed by atoms with E-state index in [9.17, 15) is 4.39 Å². The standard InChI is InChI=1S/C13H22FNS/c1-9(2)13(15-7-5-6-14)12-8-10(3)16-11(12)4/h8-9,13,15H,5-7H2,1-4H3. The molecule has 0 aliphatic carbocycles. The van der Waals surface area contributed by atoms with Gasteiger partial charge in [0, 0.05) is 15.8 Å². The van der Waals surface area contributed by atoms with Crippen molar-refractivity contribution in [2.24, 2.45) is 5.92 Å². The molecule has 1 aromatic rings. The van der Waals surface area contributed by atoms with Crippen LogP contribution in [0.25, 0.3) is 0 Å². The van der Waals surface area contributed by atoms with E-state index in [0.29, 0.717) is 18.4 Å². The predicted molar refractivity (Wildman–Crippen MR) is 70.0 cm³/mol. The average Bonchev–Trinajstić information content (AvgIpc) is 2.52. The lowest BCUT2D eigenvalue weighted by Gasteiger charge is -2.22. The molecular formula is C13H22FNS. The molecular weight excluding hydrogens is 221 g/mol. The third-order valence-electron chi connectivity index (χ3n) is 2.76. The highest BCUT2D eigenvalue weighted by Crippen LogP contribution is 2.30. The first-order valence-electron chi connectivity index (χ1n) is 5.92. The van der Waals surface area contributed by atoms with Crippen molar-refractivity contribution in [2.45, 2.75) is 40.2 Å². The summed E-state index contributed by atoms with van der Waals surface area (Å²) in [7, 11) is 0. The molecule has 0 saturated heterocycles. The third-order valence-corrected chi connectivity index (χ3v) is 3.74. The third kappa shape index (κ3) is 3.56. The molecule has 0 radical (unpaired) electrons. The van der Waals surface area contributed by atoms with Crippen molar-refractivity contribution in [3.8, 4) is 0 Å². The largest absolute Gasteiger partial charge is 0.310 e. The van der Waals surface area contributed by atoms with E-state index in [0.717, 1.165) is 6.54 Å². The summed E-state index contributed by atoms with van der Waals surface area (Å²) in [5.74, 6) is 0.535. The van der Waals surface area contributed by atoms with Gasteiger partial charge in [0.2, 0.25) is 0 Å². The second-order valence-corrected chi connectivity index (χ2v) is 6.05. The molecule has 1 N–H and O–H groups in total. The van der Waals surface area contributed by atoms with Crippen LogP contribution in [0.5, 0.6) is 0 Å². The fourth-order valence-corrected chi connectivity index (χ4v) is 2.96. The minimum Gasteiger partial charge on any atom is -0.310 e. The minimum absolute atomic E-state index is 0.237. The van der Waals surface area contributed by atoms with Gasteiger partial charge in [-0.3, -0.25) is 4.39 Å². The molecule has 1 nitrogen and oxygen atoms in total. The molecule has 0 fully saturated rings. The van der Waals surface area contributed by atoms with Gasteiger partial charge >= 0.3 is 0 Å². The van der Waals surface area contributed by atoms with Crippen molar-refractivity contribution in [1.82, 2.24) is 5.32 Å². The Hall–Kier alpha value is -0.410. The van der Waals surface area contributed by atoms with Gasteiger partial charge in [-0.25, -0.2) is 0 Å². The number of aryl methyl sites for hydroxylation is 2. The van der Waals surface area contributed by atoms with Gasteiger partial charge in [-0.2, -0.15) is 0 Å². The van der Waals surface area contributed by atoms with Crippen molar-refractivity contribution in [1.29, 1.82) is 0 Å². The first-order valence-corrected chi connectivity index (χ1v) is 6.74. The smallest absolute Gasteiger partial charge is 0.0906 e. The zero-order valence-electron chi connectivity index (χ0n) is 10.6. The highest BCUT2D eigenvalue weighted by molar-refractivity contribution is 7.12. The molecule has 92 valence electrons. The molecule has 0 spiro atoms. The van der Waals surface area contributed by atoms with E-state index >= 15 is 0 Å². The van der Waals surface area contributed by atoms with Gasteiger partial charge in [-0.15, -0.1) is 11.3 Å². The van der Waals surface area contributed by atoms with Gasteiger partial charge in [0.1, 0.15) is 0 Å². The quantitative estimate of drug-likeness (QED) is 0.744. The first-order chi connectivity index (χ1) is 7.56. The number of rotatable bonds is 6. The fourth-order valence-electron chi connectivity index (χ4n) is 1.99. The topological polar surface area (TPSA) is 12.0 Å². The maximum Gasteiger partial charge on any atom is 0.0906 e. The molecule has 3 heteroatoms. The van der Waals surface area contributed by atoms with Crippen LogP contribution in [0.3, 0.4) is 0 Å². The maximum atomic E-state index is 12.1. The van der Waals surface area contributed by atoms with Gasteiger partial charge in [0.05, 0.1) is 6.67 Å². The molecule has 0 aromatic carbocycles. The minimum atomic E-state index is -0.237. The van der Waals surface area contributed by atoms with E-state index in [4.69, 9.17) is 0 Å². The van der Waals surface area contributed by atoms with Gasteiger partial charge in [0.25, 0.3) is 0 Å². The summed E-state index contributed by atoms with van der Waals surface area (Å²) in [5, 5.41) is 3.46. The van der Waals surface area contributed by atoms with E-state index in [1.54, 1.807) is 0 Å². The zero-order chi connectivity index (χ0) is 12.1. The van der Waals surface area contributed by atoms with Crippen LogP contribution in [0.2, 0.25) is 0 Å². The molecule has 0 bridgehead atoms. The Morgan fingerprint density at radius 2 is 2.06 bits per heavy atom. The Labute approximate surface area is 102 Å². The fraction of sp³-hybridized carbons (Fsp3) is 0.692. The van der Waals surface area contributed by atoms with Crippen LogP contribution in [-0.2, 0) is 0 Å². The van der Waals surface area contributed by atoms with E-state index in [1.165, 1.54) is 15.3 Å². The van der Waals surface area contributed by atoms with Crippen molar-refractivity contribution in [3.63, 3.8) is 0 Å². The molecule has 1 atom stereocenters. The lowest BCUT2D eigenvalue weighted by molar-refractivity contribution is 0.387. The molecule has 1 unspecified atom stereocenters. The molecule has 1 rings (SSSR count). The van der Waals surface area contributed by atoms with E-state index in [2.05, 4.69) is 39.1 Å². The summed E-state index contributed by atoms with van der Waals surface area (Å²) in [5.41, 5.74) is 1.39. The van der Waals surface area contributed by atoms with E-state index < -0.39 is 0 Å². The Morgan fingerprint density at radius 1 is 1.38 bits per heavy atom. The Bertz CT molecular complexity index is 320. The number of alkyl halides is 1. The monoisotopic (exact) mass is 243 g/mol. The molecule has 0 aliphatic heterocycles.